The summed E-state index contributed by atoms with van der Waals surface area (Å²) in [7, 11) is 0. The van der Waals surface area contributed by atoms with Crippen LogP contribution in [0.25, 0.3) is 6.08 Å². The number of nitrogens with zero attached hydrogens (tertiary/aromatic N) is 1. The molecule has 0 aliphatic heterocycles. The number of alkyl halides is 3. The molecule has 24 heavy (non-hydrogen) atoms. The van der Waals surface area contributed by atoms with Gasteiger partial charge in [-0.1, -0.05) is 0 Å². The largest absolute Gasteiger partial charge is 0.483 e. The van der Waals surface area contributed by atoms with Crippen LogP contribution in [-0.4, -0.2) is 18.7 Å². The molecule has 0 spiro atoms. The van der Waals surface area contributed by atoms with Crippen molar-refractivity contribution in [2.75, 3.05) is 11.9 Å². The van der Waals surface area contributed by atoms with Crippen LogP contribution < -0.4 is 10.1 Å². The SMILES string of the molecule is N#Cc1cc(NC(=O)C=Cc2ccco2)ccc1OCC(F)(F)F. The van der Waals surface area contributed by atoms with Crippen LogP contribution >= 0.6 is 0 Å². The zero-order chi connectivity index (χ0) is 17.6. The topological polar surface area (TPSA) is 75.3 Å². The number of furan rings is 1. The molecule has 1 heterocycles. The first-order chi connectivity index (χ1) is 11.4. The third kappa shape index (κ3) is 5.21. The Labute approximate surface area is 134 Å². The van der Waals surface area contributed by atoms with Gasteiger partial charge in [0.15, 0.2) is 6.61 Å². The smallest absolute Gasteiger partial charge is 0.422 e. The molecule has 0 saturated heterocycles. The fourth-order valence-electron chi connectivity index (χ4n) is 1.71. The van der Waals surface area contributed by atoms with Crippen LogP contribution in [0, 0.1) is 11.3 Å². The van der Waals surface area contributed by atoms with Crippen LogP contribution in [-0.2, 0) is 4.79 Å². The van der Waals surface area contributed by atoms with Crippen molar-refractivity contribution in [3.63, 3.8) is 0 Å². The molecule has 1 amide bonds. The van der Waals surface area contributed by atoms with E-state index >= 15 is 0 Å². The molecule has 0 unspecified atom stereocenters. The summed E-state index contributed by atoms with van der Waals surface area (Å²) in [6.45, 7) is -1.50. The predicted octanol–water partition coefficient (Wildman–Crippen LogP) is 3.74. The number of carbonyl (C=O) groups excluding carboxylic acids is 1. The minimum absolute atomic E-state index is 0.118. The van der Waals surface area contributed by atoms with Gasteiger partial charge in [-0.25, -0.2) is 0 Å². The second kappa shape index (κ2) is 7.37. The van der Waals surface area contributed by atoms with Crippen LogP contribution in [0.4, 0.5) is 18.9 Å². The maximum Gasteiger partial charge on any atom is 0.422 e. The van der Waals surface area contributed by atoms with Gasteiger partial charge < -0.3 is 14.5 Å². The standard InChI is InChI=1S/C16H11F3N2O3/c17-16(18,19)10-24-14-5-3-12(8-11(14)9-20)21-15(22)6-4-13-2-1-7-23-13/h1-8H,10H2,(H,21,22). The molecule has 124 valence electrons. The van der Waals surface area contributed by atoms with E-state index in [4.69, 9.17) is 9.68 Å². The monoisotopic (exact) mass is 336 g/mol. The van der Waals surface area contributed by atoms with E-state index in [-0.39, 0.29) is 17.0 Å². The Bertz CT molecular complexity index is 775. The summed E-state index contributed by atoms with van der Waals surface area (Å²) >= 11 is 0. The molecule has 0 saturated carbocycles. The summed E-state index contributed by atoms with van der Waals surface area (Å²) in [6.07, 6.45) is -0.382. The molecule has 0 fully saturated rings. The summed E-state index contributed by atoms with van der Waals surface area (Å²) in [6, 6.07) is 8.80. The molecule has 1 aromatic carbocycles. The van der Waals surface area contributed by atoms with Gasteiger partial charge in [-0.2, -0.15) is 18.4 Å². The molecular formula is C16H11F3N2O3. The van der Waals surface area contributed by atoms with E-state index in [1.807, 2.05) is 0 Å². The summed E-state index contributed by atoms with van der Waals surface area (Å²) in [4.78, 5) is 11.7. The van der Waals surface area contributed by atoms with Gasteiger partial charge in [0.25, 0.3) is 0 Å². The van der Waals surface area contributed by atoms with E-state index in [0.717, 1.165) is 0 Å². The van der Waals surface area contributed by atoms with Gasteiger partial charge in [0, 0.05) is 11.8 Å². The number of rotatable bonds is 5. The molecule has 8 heteroatoms. The maximum atomic E-state index is 12.1. The first kappa shape index (κ1) is 17.1. The highest BCUT2D eigenvalue weighted by Crippen LogP contribution is 2.24. The number of benzene rings is 1. The molecule has 0 atom stereocenters. The van der Waals surface area contributed by atoms with Gasteiger partial charge in [-0.05, 0) is 36.4 Å². The molecule has 0 bridgehead atoms. The van der Waals surface area contributed by atoms with Gasteiger partial charge >= 0.3 is 6.18 Å². The van der Waals surface area contributed by atoms with Gasteiger partial charge in [0.1, 0.15) is 17.6 Å². The molecule has 0 aliphatic carbocycles. The first-order valence-corrected chi connectivity index (χ1v) is 6.63. The van der Waals surface area contributed by atoms with E-state index in [1.165, 1.54) is 36.6 Å². The number of amides is 1. The quantitative estimate of drug-likeness (QED) is 0.844. The average Bonchev–Trinajstić information content (AvgIpc) is 3.04. The summed E-state index contributed by atoms with van der Waals surface area (Å²) in [5.74, 6) is -0.211. The number of nitrogens with one attached hydrogen (secondary N) is 1. The van der Waals surface area contributed by atoms with Crippen LogP contribution in [0.5, 0.6) is 5.75 Å². The number of anilines is 1. The summed E-state index contributed by atoms with van der Waals surface area (Å²) < 4.78 is 46.0. The lowest BCUT2D eigenvalue weighted by atomic mass is 10.2. The fraction of sp³-hybridized carbons (Fsp3) is 0.125. The van der Waals surface area contributed by atoms with Crippen molar-refractivity contribution < 1.29 is 27.1 Å². The first-order valence-electron chi connectivity index (χ1n) is 6.63. The van der Waals surface area contributed by atoms with Crippen LogP contribution in [0.2, 0.25) is 0 Å². The molecule has 1 aromatic heterocycles. The Morgan fingerprint density at radius 3 is 2.79 bits per heavy atom. The number of ether oxygens (including phenoxy) is 1. The van der Waals surface area contributed by atoms with Crippen molar-refractivity contribution in [2.45, 2.75) is 6.18 Å². The van der Waals surface area contributed by atoms with Crippen LogP contribution in [0.3, 0.4) is 0 Å². The molecule has 2 aromatic rings. The highest BCUT2D eigenvalue weighted by molar-refractivity contribution is 6.01. The van der Waals surface area contributed by atoms with Gasteiger partial charge in [-0.3, -0.25) is 4.79 Å². The molecule has 5 nitrogen and oxygen atoms in total. The van der Waals surface area contributed by atoms with E-state index in [2.05, 4.69) is 10.1 Å². The second-order valence-corrected chi connectivity index (χ2v) is 4.56. The number of nitriles is 1. The molecular weight excluding hydrogens is 325 g/mol. The lowest BCUT2D eigenvalue weighted by Crippen LogP contribution is -2.19. The number of halogens is 3. The van der Waals surface area contributed by atoms with E-state index < -0.39 is 18.7 Å². The molecule has 0 aliphatic rings. The molecule has 1 N–H and O–H groups in total. The maximum absolute atomic E-state index is 12.1. The highest BCUT2D eigenvalue weighted by Gasteiger charge is 2.28. The van der Waals surface area contributed by atoms with Crippen molar-refractivity contribution in [1.82, 2.24) is 0 Å². The summed E-state index contributed by atoms with van der Waals surface area (Å²) in [5.41, 5.74) is 0.132. The third-order valence-electron chi connectivity index (χ3n) is 2.70. The van der Waals surface area contributed by atoms with Crippen molar-refractivity contribution in [3.8, 4) is 11.8 Å². The number of hydrogen-bond donors (Lipinski definition) is 1. The zero-order valence-electron chi connectivity index (χ0n) is 12.1. The lowest BCUT2D eigenvalue weighted by molar-refractivity contribution is -0.153. The van der Waals surface area contributed by atoms with E-state index in [1.54, 1.807) is 18.2 Å². The lowest BCUT2D eigenvalue weighted by Gasteiger charge is -2.11. The Hall–Kier alpha value is -3.21. The normalized spacial score (nSPS) is 11.2. The van der Waals surface area contributed by atoms with E-state index in [9.17, 15) is 18.0 Å². The average molecular weight is 336 g/mol. The zero-order valence-corrected chi connectivity index (χ0v) is 12.1. The Morgan fingerprint density at radius 1 is 1.38 bits per heavy atom. The van der Waals surface area contributed by atoms with Crippen LogP contribution in [0.1, 0.15) is 11.3 Å². The van der Waals surface area contributed by atoms with Gasteiger partial charge in [0.2, 0.25) is 5.91 Å². The third-order valence-corrected chi connectivity index (χ3v) is 2.70. The number of hydrogen-bond acceptors (Lipinski definition) is 4. The fourth-order valence-corrected chi connectivity index (χ4v) is 1.71. The molecule has 2 rings (SSSR count). The van der Waals surface area contributed by atoms with Crippen molar-refractivity contribution in [3.05, 3.63) is 54.0 Å². The van der Waals surface area contributed by atoms with Crippen molar-refractivity contribution in [1.29, 1.82) is 5.26 Å². The minimum Gasteiger partial charge on any atom is -0.483 e. The Morgan fingerprint density at radius 2 is 2.17 bits per heavy atom. The predicted molar refractivity (Wildman–Crippen MR) is 79.1 cm³/mol. The Kier molecular flexibility index (Phi) is 5.27. The molecule has 0 radical (unpaired) electrons. The van der Waals surface area contributed by atoms with Crippen LogP contribution in [0.15, 0.2) is 47.1 Å². The van der Waals surface area contributed by atoms with Gasteiger partial charge in [0.05, 0.1) is 11.8 Å². The Balaban J connectivity index is 2.03. The van der Waals surface area contributed by atoms with Crippen molar-refractivity contribution >= 4 is 17.7 Å². The highest BCUT2D eigenvalue weighted by atomic mass is 19.4. The van der Waals surface area contributed by atoms with E-state index in [0.29, 0.717) is 5.76 Å². The number of carbonyl (C=O) groups is 1. The van der Waals surface area contributed by atoms with Crippen molar-refractivity contribution in [2.24, 2.45) is 0 Å². The van der Waals surface area contributed by atoms with Gasteiger partial charge in [-0.15, -0.1) is 0 Å². The summed E-state index contributed by atoms with van der Waals surface area (Å²) in [5, 5.41) is 11.5. The minimum atomic E-state index is -4.50. The second-order valence-electron chi connectivity index (χ2n) is 4.56.